The maximum Gasteiger partial charge on any atom is 0.312 e. The number of halogens is 1. The number of hydrogen-bond donors (Lipinski definition) is 4. The standard InChI is InChI=1S/C34H44ClN3O4.C34H46N6O3.C2H2/c1-2-42-33(41)34(27-11-5-3-4-6-12-27)17-19-38(20-18-34)32(40)30(21-24-13-15-28(35)16-14-24)37-31(39)29-22-25-9-7-8-10-26(25)23-36-29;1-43-30-14-11-26(12-15-30)21-31(38-32(41)16-13-27-7-5-6-8-28(27)22-35)33(42)39-19-17-34(18-20-39,23-40-25-36-24-37-40)29-9-3-2-4-10-29;1-2/h7-10,13-16,27,29-30,36H,2-6,11-12,17-23H2,1H3,(H,37,39);5-8,11-12,14-15,24-25,29,31H,2-4,9-10,13,16-23,35H2,1H3,(H,38,41);1-2H/t29?,30-;31-;/m11./s1. The molecule has 0 bridgehead atoms. The second-order valence-corrected chi connectivity index (χ2v) is 24.9. The monoisotopic (exact) mass is 1210 g/mol. The molecule has 17 heteroatoms. The summed E-state index contributed by atoms with van der Waals surface area (Å²) in [5.41, 5.74) is 11.8. The molecule has 5 N–H and O–H groups in total. The number of nitrogens with two attached hydrogens (primary N) is 1. The number of carbonyl (C=O) groups is 5. The molecule has 0 spiro atoms. The van der Waals surface area contributed by atoms with Gasteiger partial charge in [0.2, 0.25) is 23.6 Å². The Labute approximate surface area is 520 Å². The minimum Gasteiger partial charge on any atom is -0.497 e. The van der Waals surface area contributed by atoms with Crippen LogP contribution in [-0.2, 0) is 74.0 Å². The highest BCUT2D eigenvalue weighted by Crippen LogP contribution is 2.48. The zero-order valence-electron chi connectivity index (χ0n) is 51.3. The molecule has 87 heavy (non-hydrogen) atoms. The van der Waals surface area contributed by atoms with Gasteiger partial charge in [0, 0.05) is 70.1 Å². The van der Waals surface area contributed by atoms with E-state index in [-0.39, 0.29) is 35.0 Å². The van der Waals surface area contributed by atoms with Crippen LogP contribution in [0.4, 0.5) is 0 Å². The first-order valence-electron chi connectivity index (χ1n) is 31.8. The minimum absolute atomic E-state index is 0.00970. The van der Waals surface area contributed by atoms with Gasteiger partial charge in [0.25, 0.3) is 0 Å². The third kappa shape index (κ3) is 17.6. The van der Waals surface area contributed by atoms with Gasteiger partial charge in [-0.25, -0.2) is 4.98 Å². The number of amides is 4. The molecule has 5 aliphatic rings. The quantitative estimate of drug-likeness (QED) is 0.0328. The lowest BCUT2D eigenvalue weighted by atomic mass is 9.63. The number of rotatable bonds is 20. The van der Waals surface area contributed by atoms with E-state index in [0.717, 1.165) is 78.6 Å². The van der Waals surface area contributed by atoms with Crippen molar-refractivity contribution in [3.8, 4) is 18.6 Å². The van der Waals surface area contributed by atoms with E-state index in [0.29, 0.717) is 108 Å². The lowest BCUT2D eigenvalue weighted by Crippen LogP contribution is -2.58. The number of hydrogen-bond acceptors (Lipinski definition) is 11. The maximum absolute atomic E-state index is 14.1. The highest BCUT2D eigenvalue weighted by Gasteiger charge is 2.50. The molecule has 10 rings (SSSR count). The fourth-order valence-corrected chi connectivity index (χ4v) is 14.5. The van der Waals surface area contributed by atoms with E-state index in [1.54, 1.807) is 25.6 Å². The summed E-state index contributed by atoms with van der Waals surface area (Å²) in [7, 11) is 1.64. The van der Waals surface area contributed by atoms with Gasteiger partial charge in [-0.3, -0.25) is 28.7 Å². The molecular weight excluding hydrogens is 1110 g/mol. The van der Waals surface area contributed by atoms with Crippen LogP contribution in [0.25, 0.3) is 0 Å². The molecule has 4 aromatic carbocycles. The van der Waals surface area contributed by atoms with Crippen LogP contribution in [0.2, 0.25) is 5.02 Å². The van der Waals surface area contributed by atoms with Crippen LogP contribution in [0.1, 0.15) is 143 Å². The molecule has 2 aliphatic carbocycles. The van der Waals surface area contributed by atoms with Gasteiger partial charge in [0.05, 0.1) is 25.2 Å². The van der Waals surface area contributed by atoms with Gasteiger partial charge in [-0.15, -0.1) is 12.8 Å². The summed E-state index contributed by atoms with van der Waals surface area (Å²) in [4.78, 5) is 76.3. The zero-order chi connectivity index (χ0) is 61.6. The number of aromatic nitrogens is 3. The normalized spacial score (nSPS) is 19.2. The topological polar surface area (TPSA) is 203 Å². The number of terminal acetylenes is 1. The minimum atomic E-state index is -0.717. The molecule has 0 radical (unpaired) electrons. The molecule has 3 aliphatic heterocycles. The Morgan fingerprint density at radius 1 is 0.713 bits per heavy atom. The fourth-order valence-electron chi connectivity index (χ4n) is 14.4. The van der Waals surface area contributed by atoms with Gasteiger partial charge in [-0.1, -0.05) is 129 Å². The number of fused-ring (bicyclic) bond motifs is 1. The Bertz CT molecular complexity index is 3000. The van der Waals surface area contributed by atoms with E-state index in [1.165, 1.54) is 50.5 Å². The van der Waals surface area contributed by atoms with Crippen molar-refractivity contribution in [1.29, 1.82) is 0 Å². The first-order valence-corrected chi connectivity index (χ1v) is 32.2. The number of ether oxygens (including phenoxy) is 2. The van der Waals surface area contributed by atoms with Crippen LogP contribution < -0.4 is 26.4 Å². The highest BCUT2D eigenvalue weighted by atomic mass is 35.5. The predicted octanol–water partition coefficient (Wildman–Crippen LogP) is 9.77. The summed E-state index contributed by atoms with van der Waals surface area (Å²) in [6.07, 6.45) is 29.9. The van der Waals surface area contributed by atoms with Gasteiger partial charge < -0.3 is 41.0 Å². The van der Waals surface area contributed by atoms with E-state index >= 15 is 0 Å². The van der Waals surface area contributed by atoms with E-state index in [9.17, 15) is 24.0 Å². The molecule has 4 heterocycles. The number of carbonyl (C=O) groups excluding carboxylic acids is 5. The number of piperidine rings is 2. The molecule has 4 amide bonds. The van der Waals surface area contributed by atoms with Crippen LogP contribution in [0.3, 0.4) is 0 Å². The SMILES string of the molecule is C#C.CCOC(=O)C1(C2CCCCCC2)CCN(C(=O)[C@@H](Cc2ccc(Cl)cc2)NC(=O)C2Cc3ccccc3CN2)CC1.COc1ccc(C[C@@H](NC(=O)CCc2ccccc2CN)C(=O)N2CCC(Cn3cncn3)(C3CCCCC3)CC2)cc1. The van der Waals surface area contributed by atoms with E-state index in [2.05, 4.69) is 51.0 Å². The lowest BCUT2D eigenvalue weighted by Gasteiger charge is -2.48. The van der Waals surface area contributed by atoms with Gasteiger partial charge >= 0.3 is 5.97 Å². The van der Waals surface area contributed by atoms with E-state index < -0.39 is 23.5 Å². The first-order chi connectivity index (χ1) is 42.4. The maximum atomic E-state index is 14.1. The van der Waals surface area contributed by atoms with Gasteiger partial charge in [-0.05, 0) is 146 Å². The number of aryl methyl sites for hydroxylation is 1. The third-order valence-electron chi connectivity index (χ3n) is 19.3. The van der Waals surface area contributed by atoms with E-state index in [4.69, 9.17) is 26.8 Å². The molecule has 1 aromatic heterocycles. The van der Waals surface area contributed by atoms with Crippen molar-refractivity contribution in [3.63, 3.8) is 0 Å². The number of benzene rings is 4. The molecule has 1 unspecified atom stereocenters. The Morgan fingerprint density at radius 2 is 1.26 bits per heavy atom. The fraction of sp³-hybridized carbons (Fsp3) is 0.529. The van der Waals surface area contributed by atoms with Gasteiger partial charge in [0.1, 0.15) is 30.5 Å². The Kier molecular flexibility index (Phi) is 24.8. The number of nitrogens with one attached hydrogen (secondary N) is 3. The zero-order valence-corrected chi connectivity index (χ0v) is 52.0. The summed E-state index contributed by atoms with van der Waals surface area (Å²) in [6, 6.07) is 29.4. The van der Waals surface area contributed by atoms with Crippen molar-refractivity contribution in [2.45, 2.75) is 173 Å². The first kappa shape index (κ1) is 65.9. The Morgan fingerprint density at radius 3 is 1.85 bits per heavy atom. The predicted molar refractivity (Wildman–Crippen MR) is 340 cm³/mol. The summed E-state index contributed by atoms with van der Waals surface area (Å²) >= 11 is 6.12. The average Bonchev–Trinajstić information content (AvgIpc) is 3.10. The third-order valence-corrected chi connectivity index (χ3v) is 19.6. The number of esters is 1. The van der Waals surface area contributed by atoms with E-state index in [1.807, 2.05) is 101 Å². The summed E-state index contributed by atoms with van der Waals surface area (Å²) in [6.45, 7) is 6.46. The summed E-state index contributed by atoms with van der Waals surface area (Å²) in [5, 5.41) is 14.6. The van der Waals surface area contributed by atoms with Crippen LogP contribution in [0.15, 0.2) is 110 Å². The van der Waals surface area contributed by atoms with Gasteiger partial charge in [-0.2, -0.15) is 5.10 Å². The Hall–Kier alpha value is -7.06. The van der Waals surface area contributed by atoms with Crippen LogP contribution in [0, 0.1) is 35.5 Å². The number of nitrogens with zero attached hydrogens (tertiary/aromatic N) is 5. The molecule has 5 aromatic rings. The van der Waals surface area contributed by atoms with Crippen LogP contribution >= 0.6 is 11.6 Å². The van der Waals surface area contributed by atoms with Crippen molar-refractivity contribution < 1.29 is 33.4 Å². The highest BCUT2D eigenvalue weighted by molar-refractivity contribution is 6.30. The number of methoxy groups -OCH3 is 1. The molecule has 2 saturated heterocycles. The molecule has 16 nitrogen and oxygen atoms in total. The second-order valence-electron chi connectivity index (χ2n) is 24.4. The largest absolute Gasteiger partial charge is 0.497 e. The van der Waals surface area contributed by atoms with Crippen molar-refractivity contribution >= 4 is 41.2 Å². The molecular formula is C70H92ClN9O7. The van der Waals surface area contributed by atoms with Crippen molar-refractivity contribution in [2.24, 2.45) is 28.4 Å². The molecule has 4 fully saturated rings. The average molecular weight is 1210 g/mol. The summed E-state index contributed by atoms with van der Waals surface area (Å²) < 4.78 is 12.9. The summed E-state index contributed by atoms with van der Waals surface area (Å²) in [5.74, 6) is 1.18. The Balaban J connectivity index is 0.000000220. The lowest BCUT2D eigenvalue weighted by molar-refractivity contribution is -0.166. The molecule has 466 valence electrons. The van der Waals surface area contributed by atoms with Crippen molar-refractivity contribution in [2.75, 3.05) is 39.9 Å². The number of likely N-dealkylation sites (tertiary alicyclic amines) is 2. The smallest absolute Gasteiger partial charge is 0.312 e. The molecule has 3 atom stereocenters. The van der Waals surface area contributed by atoms with Crippen LogP contribution in [-0.4, -0.2) is 112 Å². The van der Waals surface area contributed by atoms with Crippen LogP contribution in [0.5, 0.6) is 5.75 Å². The van der Waals surface area contributed by atoms with Crippen molar-refractivity contribution in [1.82, 2.24) is 40.5 Å². The van der Waals surface area contributed by atoms with Crippen molar-refractivity contribution in [3.05, 3.63) is 148 Å². The second kappa shape index (κ2) is 32.8. The molecule has 2 saturated carbocycles. The van der Waals surface area contributed by atoms with Gasteiger partial charge in [0.15, 0.2) is 0 Å².